The highest BCUT2D eigenvalue weighted by Gasteiger charge is 2.25. The average molecular weight is 452 g/mol. The number of aromatic nitrogens is 1. The normalized spacial score (nSPS) is 18.1. The molecule has 0 radical (unpaired) electrons. The van der Waals surface area contributed by atoms with Gasteiger partial charge in [0.05, 0.1) is 5.69 Å². The number of halogens is 3. The molecular formula is C22H24Cl2FN3O2. The van der Waals surface area contributed by atoms with E-state index in [4.69, 9.17) is 4.74 Å². The van der Waals surface area contributed by atoms with Gasteiger partial charge in [0.25, 0.3) is 0 Å². The van der Waals surface area contributed by atoms with Crippen LogP contribution < -0.4 is 15.4 Å². The molecule has 1 saturated heterocycles. The monoisotopic (exact) mass is 451 g/mol. The number of fused-ring (bicyclic) bond motifs is 1. The number of anilines is 1. The third-order valence-corrected chi connectivity index (χ3v) is 5.05. The number of carbonyl (C=O) groups is 1. The lowest BCUT2D eigenvalue weighted by Crippen LogP contribution is -2.40. The maximum absolute atomic E-state index is 13.5. The maximum atomic E-state index is 13.5. The van der Waals surface area contributed by atoms with Crippen molar-refractivity contribution in [3.63, 3.8) is 0 Å². The van der Waals surface area contributed by atoms with Gasteiger partial charge in [0.2, 0.25) is 5.91 Å². The van der Waals surface area contributed by atoms with Crippen molar-refractivity contribution in [3.8, 4) is 11.5 Å². The predicted molar refractivity (Wildman–Crippen MR) is 122 cm³/mol. The van der Waals surface area contributed by atoms with Gasteiger partial charge in [-0.1, -0.05) is 6.07 Å². The molecular weight excluding hydrogens is 428 g/mol. The number of benzene rings is 2. The molecule has 1 aromatic heterocycles. The zero-order valence-corrected chi connectivity index (χ0v) is 18.1. The molecule has 0 aliphatic carbocycles. The van der Waals surface area contributed by atoms with Gasteiger partial charge in [0, 0.05) is 41.2 Å². The quantitative estimate of drug-likeness (QED) is 0.561. The van der Waals surface area contributed by atoms with E-state index in [0.29, 0.717) is 23.2 Å². The van der Waals surface area contributed by atoms with Gasteiger partial charge < -0.3 is 15.4 Å². The Hall–Kier alpha value is -2.41. The van der Waals surface area contributed by atoms with Crippen LogP contribution in [0.1, 0.15) is 19.8 Å². The second kappa shape index (κ2) is 10.6. The Kier molecular flexibility index (Phi) is 8.41. The van der Waals surface area contributed by atoms with Crippen molar-refractivity contribution in [1.29, 1.82) is 0 Å². The molecule has 8 heteroatoms. The number of carbonyl (C=O) groups excluding carboxylic acids is 1. The van der Waals surface area contributed by atoms with Crippen molar-refractivity contribution in [3.05, 3.63) is 60.7 Å². The van der Waals surface area contributed by atoms with E-state index in [9.17, 15) is 9.18 Å². The van der Waals surface area contributed by atoms with E-state index in [-0.39, 0.29) is 42.5 Å². The Labute approximate surface area is 187 Å². The summed E-state index contributed by atoms with van der Waals surface area (Å²) in [4.78, 5) is 16.9. The topological polar surface area (TPSA) is 63.2 Å². The van der Waals surface area contributed by atoms with E-state index in [0.717, 1.165) is 30.2 Å². The first-order chi connectivity index (χ1) is 13.6. The van der Waals surface area contributed by atoms with Crippen LogP contribution >= 0.6 is 24.8 Å². The molecule has 0 unspecified atom stereocenters. The number of pyridine rings is 1. The summed E-state index contributed by atoms with van der Waals surface area (Å²) in [5, 5.41) is 8.00. The van der Waals surface area contributed by atoms with Crippen LogP contribution in [0.5, 0.6) is 11.5 Å². The van der Waals surface area contributed by atoms with Gasteiger partial charge in [0.1, 0.15) is 17.3 Å². The fourth-order valence-electron chi connectivity index (χ4n) is 3.62. The van der Waals surface area contributed by atoms with Crippen molar-refractivity contribution in [2.75, 3.05) is 11.9 Å². The largest absolute Gasteiger partial charge is 0.457 e. The number of amides is 1. The fraction of sp³-hybridized carbons (Fsp3) is 0.273. The van der Waals surface area contributed by atoms with Gasteiger partial charge in [-0.05, 0) is 56.6 Å². The number of nitrogens with zero attached hydrogens (tertiary/aromatic N) is 1. The smallest absolute Gasteiger partial charge is 0.227 e. The lowest BCUT2D eigenvalue weighted by atomic mass is 9.92. The zero-order valence-electron chi connectivity index (χ0n) is 16.4. The van der Waals surface area contributed by atoms with Crippen LogP contribution in [0.15, 0.2) is 54.9 Å². The summed E-state index contributed by atoms with van der Waals surface area (Å²) in [6, 6.07) is 11.8. The number of piperidine rings is 1. The molecule has 1 aliphatic rings. The number of nitrogens with one attached hydrogen (secondary N) is 2. The molecule has 160 valence electrons. The molecule has 2 heterocycles. The second-order valence-corrected chi connectivity index (χ2v) is 7.16. The van der Waals surface area contributed by atoms with Crippen molar-refractivity contribution in [1.82, 2.24) is 10.3 Å². The molecule has 2 atom stereocenters. The van der Waals surface area contributed by atoms with Crippen LogP contribution in [0.4, 0.5) is 10.1 Å². The number of hydrogen-bond donors (Lipinski definition) is 2. The van der Waals surface area contributed by atoms with Gasteiger partial charge in [-0.25, -0.2) is 4.39 Å². The minimum absolute atomic E-state index is 0. The van der Waals surface area contributed by atoms with Gasteiger partial charge in [0.15, 0.2) is 0 Å². The van der Waals surface area contributed by atoms with Crippen molar-refractivity contribution in [2.24, 2.45) is 5.92 Å². The van der Waals surface area contributed by atoms with E-state index in [1.165, 1.54) is 12.1 Å². The predicted octanol–water partition coefficient (Wildman–Crippen LogP) is 5.34. The van der Waals surface area contributed by atoms with E-state index < -0.39 is 0 Å². The Morgan fingerprint density at radius 3 is 2.80 bits per heavy atom. The van der Waals surface area contributed by atoms with Gasteiger partial charge in [-0.2, -0.15) is 0 Å². The standard InChI is InChI=1S/C22H22FN3O2.2ClH/c1-14-11-15(7-10-25-14)22(27)26-20-5-6-21(18-8-9-24-13-19(18)20)28-17-4-2-3-16(23)12-17;;/h2-6,8-9,12-15,25H,7,10-11H2,1H3,(H,26,27);2*1H/t14-,15-;;/m0../s1. The Morgan fingerprint density at radius 1 is 1.20 bits per heavy atom. The average Bonchev–Trinajstić information content (AvgIpc) is 2.70. The summed E-state index contributed by atoms with van der Waals surface area (Å²) in [5.41, 5.74) is 0.700. The molecule has 0 saturated carbocycles. The third kappa shape index (κ3) is 5.39. The molecule has 0 spiro atoms. The maximum Gasteiger partial charge on any atom is 0.227 e. The summed E-state index contributed by atoms with van der Waals surface area (Å²) in [5.74, 6) is 0.655. The Bertz CT molecular complexity index is 1020. The molecule has 2 aromatic carbocycles. The molecule has 4 rings (SSSR count). The second-order valence-electron chi connectivity index (χ2n) is 7.16. The lowest BCUT2D eigenvalue weighted by molar-refractivity contribution is -0.120. The summed E-state index contributed by atoms with van der Waals surface area (Å²) in [6.45, 7) is 2.94. The Morgan fingerprint density at radius 2 is 2.03 bits per heavy atom. The summed E-state index contributed by atoms with van der Waals surface area (Å²) >= 11 is 0. The highest BCUT2D eigenvalue weighted by Crippen LogP contribution is 2.34. The first-order valence-electron chi connectivity index (χ1n) is 9.44. The first kappa shape index (κ1) is 23.9. The number of rotatable bonds is 4. The van der Waals surface area contributed by atoms with Crippen molar-refractivity contribution >= 4 is 47.2 Å². The molecule has 1 aliphatic heterocycles. The SMILES string of the molecule is C[C@H]1C[C@@H](C(=O)Nc2ccc(Oc3cccc(F)c3)c3ccncc23)CCN1.Cl.Cl. The fourth-order valence-corrected chi connectivity index (χ4v) is 3.62. The van der Waals surface area contributed by atoms with Gasteiger partial charge in [-0.15, -0.1) is 24.8 Å². The van der Waals surface area contributed by atoms with E-state index in [2.05, 4.69) is 22.5 Å². The molecule has 1 fully saturated rings. The summed E-state index contributed by atoms with van der Waals surface area (Å²) < 4.78 is 19.3. The molecule has 0 bridgehead atoms. The van der Waals surface area contributed by atoms with Crippen LogP contribution in [0.2, 0.25) is 0 Å². The van der Waals surface area contributed by atoms with Crippen LogP contribution in [0, 0.1) is 11.7 Å². The summed E-state index contributed by atoms with van der Waals surface area (Å²) in [7, 11) is 0. The van der Waals surface area contributed by atoms with Gasteiger partial charge in [-0.3, -0.25) is 9.78 Å². The minimum Gasteiger partial charge on any atom is -0.457 e. The van der Waals surface area contributed by atoms with Crippen LogP contribution in [0.3, 0.4) is 0 Å². The molecule has 2 N–H and O–H groups in total. The van der Waals surface area contributed by atoms with Crippen molar-refractivity contribution < 1.29 is 13.9 Å². The van der Waals surface area contributed by atoms with E-state index in [1.54, 1.807) is 36.7 Å². The molecule has 5 nitrogen and oxygen atoms in total. The van der Waals surface area contributed by atoms with E-state index >= 15 is 0 Å². The molecule has 3 aromatic rings. The van der Waals surface area contributed by atoms with Gasteiger partial charge >= 0.3 is 0 Å². The zero-order chi connectivity index (χ0) is 19.5. The van der Waals surface area contributed by atoms with Crippen LogP contribution in [0.25, 0.3) is 10.8 Å². The third-order valence-electron chi connectivity index (χ3n) is 5.05. The Balaban J connectivity index is 0.00000160. The number of hydrogen-bond acceptors (Lipinski definition) is 4. The lowest BCUT2D eigenvalue weighted by Gasteiger charge is -2.27. The molecule has 1 amide bonds. The number of ether oxygens (including phenoxy) is 1. The van der Waals surface area contributed by atoms with Crippen LogP contribution in [-0.2, 0) is 4.79 Å². The highest BCUT2D eigenvalue weighted by atomic mass is 35.5. The first-order valence-corrected chi connectivity index (χ1v) is 9.44. The highest BCUT2D eigenvalue weighted by molar-refractivity contribution is 6.04. The van der Waals surface area contributed by atoms with Crippen LogP contribution in [-0.4, -0.2) is 23.5 Å². The van der Waals surface area contributed by atoms with Crippen molar-refractivity contribution in [2.45, 2.75) is 25.8 Å². The minimum atomic E-state index is -0.358. The van der Waals surface area contributed by atoms with E-state index in [1.807, 2.05) is 6.07 Å². The molecule has 30 heavy (non-hydrogen) atoms. The summed E-state index contributed by atoms with van der Waals surface area (Å²) in [6.07, 6.45) is 5.02.